The molecule has 1 fully saturated rings. The molecule has 1 aromatic rings. The lowest BCUT2D eigenvalue weighted by molar-refractivity contribution is -0.263. The number of carbonyl (C=O) groups excluding carboxylic acids is 2. The van der Waals surface area contributed by atoms with Gasteiger partial charge in [-0.05, 0) is 42.9 Å². The molecule has 0 aromatic heterocycles. The zero-order chi connectivity index (χ0) is 19.7. The fourth-order valence-electron chi connectivity index (χ4n) is 3.69. The Morgan fingerprint density at radius 1 is 1.26 bits per heavy atom. The maximum absolute atomic E-state index is 13.0. The predicted molar refractivity (Wildman–Crippen MR) is 93.1 cm³/mol. The first kappa shape index (κ1) is 19.7. The Kier molecular flexibility index (Phi) is 5.46. The molecular formula is C19H23F3N2O3. The number of amides is 2. The number of rotatable bonds is 4. The van der Waals surface area contributed by atoms with Crippen molar-refractivity contribution in [3.63, 3.8) is 0 Å². The summed E-state index contributed by atoms with van der Waals surface area (Å²) in [6.45, 7) is 0.158. The molecule has 2 amide bonds. The van der Waals surface area contributed by atoms with Crippen molar-refractivity contribution in [3.8, 4) is 0 Å². The van der Waals surface area contributed by atoms with Crippen LogP contribution in [0.2, 0.25) is 0 Å². The zero-order valence-corrected chi connectivity index (χ0v) is 14.9. The van der Waals surface area contributed by atoms with Gasteiger partial charge < -0.3 is 15.3 Å². The zero-order valence-electron chi connectivity index (χ0n) is 14.9. The van der Waals surface area contributed by atoms with Crippen molar-refractivity contribution >= 4 is 17.5 Å². The molecule has 2 aliphatic rings. The second-order valence-corrected chi connectivity index (χ2v) is 7.33. The topological polar surface area (TPSA) is 69.6 Å². The number of anilines is 1. The van der Waals surface area contributed by atoms with Crippen LogP contribution in [0, 0.1) is 0 Å². The van der Waals surface area contributed by atoms with E-state index in [0.29, 0.717) is 19.3 Å². The van der Waals surface area contributed by atoms with Gasteiger partial charge in [0.25, 0.3) is 0 Å². The van der Waals surface area contributed by atoms with Crippen molar-refractivity contribution in [2.24, 2.45) is 0 Å². The Morgan fingerprint density at radius 3 is 2.78 bits per heavy atom. The third kappa shape index (κ3) is 4.43. The first-order valence-electron chi connectivity index (χ1n) is 9.16. The van der Waals surface area contributed by atoms with Crippen molar-refractivity contribution in [2.75, 3.05) is 18.4 Å². The summed E-state index contributed by atoms with van der Waals surface area (Å²) in [5.41, 5.74) is 0.0995. The molecule has 8 heteroatoms. The molecule has 1 aromatic carbocycles. The highest BCUT2D eigenvalue weighted by Gasteiger charge is 2.53. The van der Waals surface area contributed by atoms with Crippen LogP contribution in [0.5, 0.6) is 0 Å². The van der Waals surface area contributed by atoms with E-state index in [4.69, 9.17) is 0 Å². The molecule has 148 valence electrons. The standard InChI is InChI=1S/C19H23F3N2O3/c20-19(21,22)18(27)7-2-9-24(10-8-18)17(26)4-1-3-13-5-6-15-14(11-13)12-16(25)23-15/h5-6,11,27H,1-4,7-10,12H2,(H,23,25). The molecule has 5 nitrogen and oxygen atoms in total. The Morgan fingerprint density at radius 2 is 2.04 bits per heavy atom. The van der Waals surface area contributed by atoms with E-state index in [2.05, 4.69) is 5.32 Å². The number of benzene rings is 1. The van der Waals surface area contributed by atoms with E-state index in [9.17, 15) is 27.9 Å². The first-order valence-corrected chi connectivity index (χ1v) is 9.16. The molecule has 1 saturated heterocycles. The van der Waals surface area contributed by atoms with Gasteiger partial charge in [0.05, 0.1) is 6.42 Å². The number of hydrogen-bond acceptors (Lipinski definition) is 3. The van der Waals surface area contributed by atoms with Crippen LogP contribution in [-0.4, -0.2) is 46.7 Å². The van der Waals surface area contributed by atoms with E-state index in [1.807, 2.05) is 18.2 Å². The minimum Gasteiger partial charge on any atom is -0.380 e. The summed E-state index contributed by atoms with van der Waals surface area (Å²) in [5.74, 6) is -0.211. The third-order valence-corrected chi connectivity index (χ3v) is 5.34. The summed E-state index contributed by atoms with van der Waals surface area (Å²) < 4.78 is 38.9. The molecule has 2 N–H and O–H groups in total. The van der Waals surface area contributed by atoms with Crippen molar-refractivity contribution in [1.82, 2.24) is 4.90 Å². The predicted octanol–water partition coefficient (Wildman–Crippen LogP) is 2.81. The van der Waals surface area contributed by atoms with E-state index >= 15 is 0 Å². The van der Waals surface area contributed by atoms with E-state index in [1.54, 1.807) is 0 Å². The lowest BCUT2D eigenvalue weighted by Crippen LogP contribution is -2.46. The second-order valence-electron chi connectivity index (χ2n) is 7.33. The van der Waals surface area contributed by atoms with E-state index in [-0.39, 0.29) is 44.2 Å². The highest BCUT2D eigenvalue weighted by atomic mass is 19.4. The lowest BCUT2D eigenvalue weighted by atomic mass is 9.94. The maximum Gasteiger partial charge on any atom is 0.417 e. The molecule has 1 atom stereocenters. The number of aryl methyl sites for hydroxylation is 1. The number of alkyl halides is 3. The SMILES string of the molecule is O=C1Cc2cc(CCCC(=O)N3CCCC(O)(C(F)(F)F)CC3)ccc2N1. The quantitative estimate of drug-likeness (QED) is 0.839. The number of hydrogen-bond donors (Lipinski definition) is 2. The Balaban J connectivity index is 1.49. The number of carbonyl (C=O) groups is 2. The summed E-state index contributed by atoms with van der Waals surface area (Å²) in [7, 11) is 0. The van der Waals surface area contributed by atoms with Crippen molar-refractivity contribution in [2.45, 2.75) is 56.7 Å². The Hall–Kier alpha value is -2.09. The van der Waals surface area contributed by atoms with E-state index in [1.165, 1.54) is 4.90 Å². The Bertz CT molecular complexity index is 735. The molecular weight excluding hydrogens is 361 g/mol. The van der Waals surface area contributed by atoms with Crippen LogP contribution in [0.15, 0.2) is 18.2 Å². The molecule has 0 radical (unpaired) electrons. The summed E-state index contributed by atoms with van der Waals surface area (Å²) in [5, 5.41) is 12.6. The van der Waals surface area contributed by atoms with Crippen LogP contribution < -0.4 is 5.32 Å². The molecule has 27 heavy (non-hydrogen) atoms. The molecule has 0 spiro atoms. The molecule has 0 aliphatic carbocycles. The molecule has 2 heterocycles. The van der Waals surface area contributed by atoms with Crippen LogP contribution in [-0.2, 0) is 22.4 Å². The minimum absolute atomic E-state index is 0.0303. The first-order chi connectivity index (χ1) is 12.7. The fourth-order valence-corrected chi connectivity index (χ4v) is 3.69. The third-order valence-electron chi connectivity index (χ3n) is 5.34. The van der Waals surface area contributed by atoms with Gasteiger partial charge in [-0.3, -0.25) is 9.59 Å². The second kappa shape index (κ2) is 7.50. The largest absolute Gasteiger partial charge is 0.417 e. The minimum atomic E-state index is -4.67. The Labute approximate surface area is 155 Å². The van der Waals surface area contributed by atoms with Crippen molar-refractivity contribution in [1.29, 1.82) is 0 Å². The summed E-state index contributed by atoms with van der Waals surface area (Å²) in [6, 6.07) is 5.71. The van der Waals surface area contributed by atoms with Gasteiger partial charge in [-0.1, -0.05) is 12.1 Å². The normalized spacial score (nSPS) is 23.0. The molecule has 0 saturated carbocycles. The lowest BCUT2D eigenvalue weighted by Gasteiger charge is -2.29. The van der Waals surface area contributed by atoms with Gasteiger partial charge in [-0.2, -0.15) is 13.2 Å². The average molecular weight is 384 g/mol. The van der Waals surface area contributed by atoms with E-state index < -0.39 is 18.2 Å². The van der Waals surface area contributed by atoms with Gasteiger partial charge in [0.15, 0.2) is 5.60 Å². The highest BCUT2D eigenvalue weighted by molar-refractivity contribution is 5.99. The van der Waals surface area contributed by atoms with Gasteiger partial charge in [0.2, 0.25) is 11.8 Å². The molecule has 1 unspecified atom stereocenters. The number of likely N-dealkylation sites (tertiary alicyclic amines) is 1. The summed E-state index contributed by atoms with van der Waals surface area (Å²) >= 11 is 0. The summed E-state index contributed by atoms with van der Waals surface area (Å²) in [6.07, 6.45) is -3.54. The molecule has 0 bridgehead atoms. The van der Waals surface area contributed by atoms with Crippen LogP contribution in [0.3, 0.4) is 0 Å². The average Bonchev–Trinajstić information content (AvgIpc) is 2.82. The number of nitrogens with one attached hydrogen (secondary N) is 1. The van der Waals surface area contributed by atoms with Crippen LogP contribution in [0.1, 0.15) is 43.2 Å². The number of fused-ring (bicyclic) bond motifs is 1. The molecule has 2 aliphatic heterocycles. The van der Waals surface area contributed by atoms with E-state index in [0.717, 1.165) is 16.8 Å². The van der Waals surface area contributed by atoms with Gasteiger partial charge in [0, 0.05) is 31.6 Å². The van der Waals surface area contributed by atoms with Crippen molar-refractivity contribution < 1.29 is 27.9 Å². The summed E-state index contributed by atoms with van der Waals surface area (Å²) in [4.78, 5) is 25.1. The van der Waals surface area contributed by atoms with Crippen LogP contribution in [0.25, 0.3) is 0 Å². The van der Waals surface area contributed by atoms with Crippen LogP contribution >= 0.6 is 0 Å². The smallest absolute Gasteiger partial charge is 0.380 e. The van der Waals surface area contributed by atoms with Gasteiger partial charge >= 0.3 is 6.18 Å². The van der Waals surface area contributed by atoms with Gasteiger partial charge in [-0.15, -0.1) is 0 Å². The molecule has 3 rings (SSSR count). The highest BCUT2D eigenvalue weighted by Crippen LogP contribution is 2.38. The maximum atomic E-state index is 13.0. The van der Waals surface area contributed by atoms with Crippen LogP contribution in [0.4, 0.5) is 18.9 Å². The monoisotopic (exact) mass is 384 g/mol. The van der Waals surface area contributed by atoms with Gasteiger partial charge in [-0.25, -0.2) is 0 Å². The fraction of sp³-hybridized carbons (Fsp3) is 0.579. The number of nitrogens with zero attached hydrogens (tertiary/aromatic N) is 1. The number of halogens is 3. The van der Waals surface area contributed by atoms with Crippen molar-refractivity contribution in [3.05, 3.63) is 29.3 Å². The van der Waals surface area contributed by atoms with Gasteiger partial charge in [0.1, 0.15) is 0 Å². The number of aliphatic hydroxyl groups is 1.